The molecule has 0 bridgehead atoms. The van der Waals surface area contributed by atoms with Gasteiger partial charge in [-0.1, -0.05) is 35.3 Å². The second-order valence-corrected chi connectivity index (χ2v) is 10.4. The zero-order chi connectivity index (χ0) is 23.0. The Kier molecular flexibility index (Phi) is 6.25. The summed E-state index contributed by atoms with van der Waals surface area (Å²) >= 11 is 12.3. The summed E-state index contributed by atoms with van der Waals surface area (Å²) in [4.78, 5) is 21.9. The van der Waals surface area contributed by atoms with Crippen LogP contribution in [-0.4, -0.2) is 51.6 Å². The molecular formula is C25H29Cl2N5O. The molecule has 2 fully saturated rings. The normalized spacial score (nSPS) is 21.2. The van der Waals surface area contributed by atoms with E-state index in [-0.39, 0.29) is 11.4 Å². The molecule has 2 aromatic carbocycles. The van der Waals surface area contributed by atoms with Gasteiger partial charge in [0, 0.05) is 45.2 Å². The third kappa shape index (κ3) is 4.84. The maximum absolute atomic E-state index is 13.0. The number of amides is 2. The van der Waals surface area contributed by atoms with Gasteiger partial charge in [0.15, 0.2) is 0 Å². The summed E-state index contributed by atoms with van der Waals surface area (Å²) in [7, 11) is 1.98. The number of rotatable bonds is 4. The highest BCUT2D eigenvalue weighted by atomic mass is 35.5. The molecule has 2 amide bonds. The molecule has 1 aromatic heterocycles. The zero-order valence-electron chi connectivity index (χ0n) is 18.9. The number of piperidine rings is 1. The number of nitrogens with one attached hydrogen (secondary N) is 1. The summed E-state index contributed by atoms with van der Waals surface area (Å²) in [5, 5.41) is 4.31. The van der Waals surface area contributed by atoms with Gasteiger partial charge in [-0.3, -0.25) is 4.90 Å². The third-order valence-corrected chi connectivity index (χ3v) is 7.83. The molecule has 5 rings (SSSR count). The van der Waals surface area contributed by atoms with E-state index < -0.39 is 0 Å². The van der Waals surface area contributed by atoms with E-state index >= 15 is 0 Å². The monoisotopic (exact) mass is 485 g/mol. The van der Waals surface area contributed by atoms with Crippen molar-refractivity contribution in [2.45, 2.75) is 32.4 Å². The number of urea groups is 1. The van der Waals surface area contributed by atoms with E-state index in [4.69, 9.17) is 23.2 Å². The molecule has 0 radical (unpaired) electrons. The van der Waals surface area contributed by atoms with E-state index in [2.05, 4.69) is 27.3 Å². The van der Waals surface area contributed by atoms with Gasteiger partial charge < -0.3 is 14.8 Å². The average Bonchev–Trinajstić information content (AvgIpc) is 3.37. The maximum Gasteiger partial charge on any atom is 0.317 e. The first kappa shape index (κ1) is 22.5. The highest BCUT2D eigenvalue weighted by molar-refractivity contribution is 6.42. The molecule has 174 valence electrons. The van der Waals surface area contributed by atoms with Gasteiger partial charge in [0.2, 0.25) is 0 Å². The fourth-order valence-electron chi connectivity index (χ4n) is 5.35. The molecular weight excluding hydrogens is 457 g/mol. The second kappa shape index (κ2) is 9.16. The summed E-state index contributed by atoms with van der Waals surface area (Å²) in [5.41, 5.74) is 4.47. The van der Waals surface area contributed by atoms with Crippen molar-refractivity contribution in [1.29, 1.82) is 0 Å². The molecule has 3 heterocycles. The standard InChI is InChI=1S/C25H29Cl2N5O/c1-30-17-29-22-12-18(4-6-23(22)30)13-28-24(33)32-9-2-7-25(16-32)8-10-31(15-25)14-19-3-5-20(26)21(27)11-19/h3-6,11-12,17H,2,7-10,13-16H2,1H3,(H,28,33). The number of likely N-dealkylation sites (tertiary alicyclic amines) is 2. The van der Waals surface area contributed by atoms with Gasteiger partial charge in [-0.25, -0.2) is 9.78 Å². The largest absolute Gasteiger partial charge is 0.334 e. The molecule has 1 N–H and O–H groups in total. The smallest absolute Gasteiger partial charge is 0.317 e. The first-order chi connectivity index (χ1) is 15.9. The van der Waals surface area contributed by atoms with Crippen LogP contribution in [0.2, 0.25) is 10.0 Å². The summed E-state index contributed by atoms with van der Waals surface area (Å²) in [6.45, 7) is 5.06. The van der Waals surface area contributed by atoms with Crippen LogP contribution in [-0.2, 0) is 20.1 Å². The maximum atomic E-state index is 13.0. The average molecular weight is 486 g/mol. The van der Waals surface area contributed by atoms with Crippen molar-refractivity contribution < 1.29 is 4.79 Å². The number of benzene rings is 2. The van der Waals surface area contributed by atoms with E-state index in [1.165, 1.54) is 12.0 Å². The van der Waals surface area contributed by atoms with Gasteiger partial charge in [0.1, 0.15) is 0 Å². The number of nitrogens with zero attached hydrogens (tertiary/aromatic N) is 4. The highest BCUT2D eigenvalue weighted by Crippen LogP contribution is 2.39. The van der Waals surface area contributed by atoms with Gasteiger partial charge in [-0.2, -0.15) is 0 Å². The SMILES string of the molecule is Cn1cnc2cc(CNC(=O)N3CCCC4(CCN(Cc5ccc(Cl)c(Cl)c5)C4)C3)ccc21. The Morgan fingerprint density at radius 3 is 2.76 bits per heavy atom. The molecule has 1 unspecified atom stereocenters. The molecule has 0 aliphatic carbocycles. The first-order valence-electron chi connectivity index (χ1n) is 11.5. The quantitative estimate of drug-likeness (QED) is 0.560. The van der Waals surface area contributed by atoms with E-state index in [0.717, 1.165) is 62.2 Å². The molecule has 2 aliphatic heterocycles. The topological polar surface area (TPSA) is 53.4 Å². The van der Waals surface area contributed by atoms with Crippen LogP contribution in [0.3, 0.4) is 0 Å². The number of carbonyl (C=O) groups is 1. The van der Waals surface area contributed by atoms with Crippen LogP contribution in [0.15, 0.2) is 42.7 Å². The lowest BCUT2D eigenvalue weighted by molar-refractivity contribution is 0.107. The van der Waals surface area contributed by atoms with E-state index in [1.807, 2.05) is 47.1 Å². The van der Waals surface area contributed by atoms with Crippen molar-refractivity contribution in [3.8, 4) is 0 Å². The van der Waals surface area contributed by atoms with Crippen molar-refractivity contribution in [3.63, 3.8) is 0 Å². The summed E-state index contributed by atoms with van der Waals surface area (Å²) in [6.07, 6.45) is 5.15. The second-order valence-electron chi connectivity index (χ2n) is 9.57. The third-order valence-electron chi connectivity index (χ3n) is 7.09. The van der Waals surface area contributed by atoms with E-state index in [1.54, 1.807) is 0 Å². The molecule has 2 saturated heterocycles. The minimum atomic E-state index is 0.0260. The Morgan fingerprint density at radius 1 is 1.06 bits per heavy atom. The van der Waals surface area contributed by atoms with Crippen LogP contribution in [0.1, 0.15) is 30.4 Å². The van der Waals surface area contributed by atoms with Crippen LogP contribution in [0, 0.1) is 5.41 Å². The lowest BCUT2D eigenvalue weighted by atomic mass is 9.79. The van der Waals surface area contributed by atoms with Crippen LogP contribution in [0.5, 0.6) is 0 Å². The van der Waals surface area contributed by atoms with Gasteiger partial charge in [-0.15, -0.1) is 0 Å². The lowest BCUT2D eigenvalue weighted by Gasteiger charge is -2.40. The Morgan fingerprint density at radius 2 is 1.91 bits per heavy atom. The number of imidazole rings is 1. The van der Waals surface area contributed by atoms with E-state index in [0.29, 0.717) is 16.6 Å². The highest BCUT2D eigenvalue weighted by Gasteiger charge is 2.42. The molecule has 1 spiro atoms. The number of fused-ring (bicyclic) bond motifs is 1. The Hall–Kier alpha value is -2.28. The Balaban J connectivity index is 1.17. The Labute approximate surface area is 204 Å². The fourth-order valence-corrected chi connectivity index (χ4v) is 5.68. The molecule has 6 nitrogen and oxygen atoms in total. The van der Waals surface area contributed by atoms with Crippen molar-refractivity contribution in [2.24, 2.45) is 12.5 Å². The minimum absolute atomic E-state index is 0.0260. The number of aryl methyl sites for hydroxylation is 1. The van der Waals surface area contributed by atoms with Crippen molar-refractivity contribution >= 4 is 40.3 Å². The van der Waals surface area contributed by atoms with Crippen molar-refractivity contribution in [3.05, 3.63) is 63.9 Å². The van der Waals surface area contributed by atoms with Gasteiger partial charge in [0.25, 0.3) is 0 Å². The molecule has 33 heavy (non-hydrogen) atoms. The molecule has 1 atom stereocenters. The summed E-state index contributed by atoms with van der Waals surface area (Å²) in [5.74, 6) is 0. The lowest BCUT2D eigenvalue weighted by Crippen LogP contribution is -2.50. The summed E-state index contributed by atoms with van der Waals surface area (Å²) < 4.78 is 2.00. The number of aromatic nitrogens is 2. The van der Waals surface area contributed by atoms with Gasteiger partial charge >= 0.3 is 6.03 Å². The Bertz CT molecular complexity index is 1180. The zero-order valence-corrected chi connectivity index (χ0v) is 20.4. The predicted molar refractivity (Wildman–Crippen MR) is 133 cm³/mol. The van der Waals surface area contributed by atoms with Crippen LogP contribution >= 0.6 is 23.2 Å². The molecule has 8 heteroatoms. The fraction of sp³-hybridized carbons (Fsp3) is 0.440. The van der Waals surface area contributed by atoms with Crippen LogP contribution < -0.4 is 5.32 Å². The van der Waals surface area contributed by atoms with Crippen LogP contribution in [0.4, 0.5) is 4.79 Å². The summed E-state index contributed by atoms with van der Waals surface area (Å²) in [6, 6.07) is 12.0. The van der Waals surface area contributed by atoms with Crippen LogP contribution in [0.25, 0.3) is 11.0 Å². The van der Waals surface area contributed by atoms with Crippen molar-refractivity contribution in [2.75, 3.05) is 26.2 Å². The van der Waals surface area contributed by atoms with Gasteiger partial charge in [-0.05, 0) is 61.2 Å². The van der Waals surface area contributed by atoms with Gasteiger partial charge in [0.05, 0.1) is 27.4 Å². The number of hydrogen-bond acceptors (Lipinski definition) is 3. The predicted octanol–water partition coefficient (Wildman–Crippen LogP) is 5.08. The molecule has 2 aliphatic rings. The minimum Gasteiger partial charge on any atom is -0.334 e. The van der Waals surface area contributed by atoms with Crippen molar-refractivity contribution in [1.82, 2.24) is 24.7 Å². The molecule has 3 aromatic rings. The molecule has 0 saturated carbocycles. The number of carbonyl (C=O) groups excluding carboxylic acids is 1. The number of halogens is 2. The number of hydrogen-bond donors (Lipinski definition) is 1. The first-order valence-corrected chi connectivity index (χ1v) is 12.3. The van der Waals surface area contributed by atoms with E-state index in [9.17, 15) is 4.79 Å².